The summed E-state index contributed by atoms with van der Waals surface area (Å²) in [7, 11) is 0. The second kappa shape index (κ2) is 34.4. The van der Waals surface area contributed by atoms with Crippen molar-refractivity contribution in [2.75, 3.05) is 19.8 Å². The summed E-state index contributed by atoms with van der Waals surface area (Å²) >= 11 is 0. The van der Waals surface area contributed by atoms with E-state index in [0.717, 1.165) is 64.2 Å². The predicted molar refractivity (Wildman–Crippen MR) is 236 cm³/mol. The van der Waals surface area contributed by atoms with Crippen LogP contribution in [-0.4, -0.2) is 118 Å². The van der Waals surface area contributed by atoms with E-state index in [2.05, 4.69) is 20.8 Å². The van der Waals surface area contributed by atoms with Crippen molar-refractivity contribution in [1.82, 2.24) is 0 Å². The van der Waals surface area contributed by atoms with E-state index in [9.17, 15) is 39.9 Å². The van der Waals surface area contributed by atoms with Crippen LogP contribution in [0.2, 0.25) is 0 Å². The first-order chi connectivity index (χ1) is 30.0. The Kier molecular flexibility index (Phi) is 31.2. The van der Waals surface area contributed by atoms with Gasteiger partial charge < -0.3 is 54.0 Å². The molecule has 0 aromatic carbocycles. The third-order valence-electron chi connectivity index (χ3n) is 12.2. The molecule has 0 unspecified atom stereocenters. The molecule has 2 fully saturated rings. The Hall–Kier alpha value is -1.91. The van der Waals surface area contributed by atoms with Crippen molar-refractivity contribution in [3.63, 3.8) is 0 Å². The zero-order chi connectivity index (χ0) is 45.4. The highest BCUT2D eigenvalue weighted by Gasteiger charge is 2.60. The van der Waals surface area contributed by atoms with Gasteiger partial charge in [-0.2, -0.15) is 0 Å². The highest BCUT2D eigenvalue weighted by molar-refractivity contribution is 5.70. The van der Waals surface area contributed by atoms with Crippen LogP contribution < -0.4 is 0 Å². The van der Waals surface area contributed by atoms with Crippen LogP contribution >= 0.6 is 0 Å². The van der Waals surface area contributed by atoms with Crippen molar-refractivity contribution in [2.45, 2.75) is 268 Å². The highest BCUT2D eigenvalue weighted by atomic mass is 16.8. The molecular weight excluding hydrogens is 801 g/mol. The first-order valence-corrected chi connectivity index (χ1v) is 24.9. The molecule has 0 amide bonds. The van der Waals surface area contributed by atoms with Crippen molar-refractivity contribution in [1.29, 1.82) is 0 Å². The van der Waals surface area contributed by atoms with Crippen molar-refractivity contribution >= 4 is 17.9 Å². The maximum Gasteiger partial charge on any atom is 0.305 e. The van der Waals surface area contributed by atoms with Gasteiger partial charge in [0.1, 0.15) is 62.5 Å². The van der Waals surface area contributed by atoms with Crippen molar-refractivity contribution in [2.24, 2.45) is 0 Å². The van der Waals surface area contributed by atoms with E-state index < -0.39 is 92.5 Å². The Morgan fingerprint density at radius 2 is 0.790 bits per heavy atom. The average Bonchev–Trinajstić information content (AvgIpc) is 3.50. The molecule has 2 aliphatic heterocycles. The molecule has 0 aliphatic carbocycles. The van der Waals surface area contributed by atoms with Crippen LogP contribution in [0.3, 0.4) is 0 Å². The van der Waals surface area contributed by atoms with E-state index in [-0.39, 0.29) is 19.3 Å². The number of hydrogen-bond donors (Lipinski definition) is 5. The number of ether oxygens (including phenoxy) is 6. The van der Waals surface area contributed by atoms with E-state index in [1.165, 1.54) is 89.9 Å². The largest absolute Gasteiger partial charge is 0.463 e. The molecule has 2 saturated heterocycles. The summed E-state index contributed by atoms with van der Waals surface area (Å²) in [5.41, 5.74) is 0. The molecule has 14 nitrogen and oxygen atoms in total. The fourth-order valence-corrected chi connectivity index (χ4v) is 8.08. The maximum absolute atomic E-state index is 12.8. The fraction of sp³-hybridized carbons (Fsp3) is 0.938. The molecule has 0 radical (unpaired) electrons. The lowest BCUT2D eigenvalue weighted by atomic mass is 9.99. The number of aliphatic hydroxyl groups excluding tert-OH is 5. The lowest BCUT2D eigenvalue weighted by Crippen LogP contribution is -2.63. The van der Waals surface area contributed by atoms with Crippen LogP contribution in [0.25, 0.3) is 0 Å². The van der Waals surface area contributed by atoms with Crippen LogP contribution in [0.15, 0.2) is 0 Å². The molecule has 0 saturated carbocycles. The van der Waals surface area contributed by atoms with Crippen LogP contribution in [0.4, 0.5) is 0 Å². The van der Waals surface area contributed by atoms with Crippen molar-refractivity contribution < 1.29 is 68.3 Å². The smallest absolute Gasteiger partial charge is 0.305 e. The SMILES string of the molecule is CCCCCCCCCCCCCC(=O)OC[C@H]1O[C@@](COC(=O)CCCCCCC)(O[C@H]2O[C@H](COC(=O)CCCCCCCCCCCCC)[C@@H](O)[C@H](O)[C@H]2O)[C@@H](O)[C@@H]1O. The van der Waals surface area contributed by atoms with Crippen LogP contribution in [0, 0.1) is 0 Å². The van der Waals surface area contributed by atoms with Gasteiger partial charge in [-0.05, 0) is 19.3 Å². The van der Waals surface area contributed by atoms with Gasteiger partial charge in [-0.1, -0.05) is 175 Å². The molecule has 2 heterocycles. The summed E-state index contributed by atoms with van der Waals surface area (Å²) in [6, 6.07) is 0. The third-order valence-corrected chi connectivity index (χ3v) is 12.2. The Bertz CT molecular complexity index is 1160. The summed E-state index contributed by atoms with van der Waals surface area (Å²) < 4.78 is 34.1. The van der Waals surface area contributed by atoms with E-state index in [0.29, 0.717) is 19.3 Å². The lowest BCUT2D eigenvalue weighted by Gasteiger charge is -2.43. The highest BCUT2D eigenvalue weighted by Crippen LogP contribution is 2.37. The number of esters is 3. The number of rotatable bonds is 38. The van der Waals surface area contributed by atoms with Crippen LogP contribution in [0.5, 0.6) is 0 Å². The Morgan fingerprint density at radius 1 is 0.435 bits per heavy atom. The summed E-state index contributed by atoms with van der Waals surface area (Å²) in [4.78, 5) is 38.1. The van der Waals surface area contributed by atoms with Gasteiger partial charge in [-0.3, -0.25) is 14.4 Å². The Labute approximate surface area is 373 Å². The molecule has 14 heteroatoms. The molecule has 0 aromatic rings. The van der Waals surface area contributed by atoms with Crippen molar-refractivity contribution in [3.05, 3.63) is 0 Å². The summed E-state index contributed by atoms with van der Waals surface area (Å²) in [5, 5.41) is 55.0. The normalized spacial score (nSPS) is 26.1. The summed E-state index contributed by atoms with van der Waals surface area (Å²) in [6.07, 6.45) is 16.4. The number of carbonyl (C=O) groups is 3. The van der Waals surface area contributed by atoms with E-state index in [1.807, 2.05) is 0 Å². The molecule has 5 N–H and O–H groups in total. The Morgan fingerprint density at radius 3 is 1.19 bits per heavy atom. The first-order valence-electron chi connectivity index (χ1n) is 24.9. The molecule has 0 spiro atoms. The fourth-order valence-electron chi connectivity index (χ4n) is 8.08. The topological polar surface area (TPSA) is 208 Å². The molecule has 2 aliphatic rings. The second-order valence-electron chi connectivity index (χ2n) is 17.8. The van der Waals surface area contributed by atoms with E-state index >= 15 is 0 Å². The second-order valence-corrected chi connectivity index (χ2v) is 17.8. The van der Waals surface area contributed by atoms with E-state index in [1.54, 1.807) is 0 Å². The third kappa shape index (κ3) is 22.8. The molecular formula is C48H88O14. The van der Waals surface area contributed by atoms with Gasteiger partial charge in [0.25, 0.3) is 0 Å². The zero-order valence-electron chi connectivity index (χ0n) is 38.9. The van der Waals surface area contributed by atoms with Crippen LogP contribution in [0.1, 0.15) is 213 Å². The monoisotopic (exact) mass is 889 g/mol. The molecule has 0 aromatic heterocycles. The standard InChI is InChI=1S/C48H88O14/c1-4-7-10-13-15-17-19-21-23-26-29-31-39(49)57-34-37-42(52)44(54)45(55)47(60-37)62-48(36-59-41(51)33-28-25-12-9-6-3)46(56)43(53)38(61-48)35-58-40(50)32-30-27-24-22-20-18-16-14-11-8-5-2/h37-38,42-47,52-56H,4-36H2,1-3H3/t37-,38-,42-,43-,44+,45-,46+,47-,48+/m1/s1. The van der Waals surface area contributed by atoms with Gasteiger partial charge in [0.15, 0.2) is 6.29 Å². The maximum atomic E-state index is 12.8. The van der Waals surface area contributed by atoms with Crippen LogP contribution in [-0.2, 0) is 42.8 Å². The summed E-state index contributed by atoms with van der Waals surface area (Å²) in [5.74, 6) is -3.96. The quantitative estimate of drug-likeness (QED) is 0.0226. The van der Waals surface area contributed by atoms with Gasteiger partial charge in [-0.25, -0.2) is 0 Å². The average molecular weight is 889 g/mol. The minimum atomic E-state index is -2.34. The van der Waals surface area contributed by atoms with Gasteiger partial charge in [-0.15, -0.1) is 0 Å². The first kappa shape index (κ1) is 56.2. The van der Waals surface area contributed by atoms with Gasteiger partial charge >= 0.3 is 17.9 Å². The minimum absolute atomic E-state index is 0.0820. The Balaban J connectivity index is 1.94. The molecule has 62 heavy (non-hydrogen) atoms. The predicted octanol–water partition coefficient (Wildman–Crippen LogP) is 8.02. The van der Waals surface area contributed by atoms with E-state index in [4.69, 9.17) is 28.4 Å². The molecule has 9 atom stereocenters. The minimum Gasteiger partial charge on any atom is -0.463 e. The van der Waals surface area contributed by atoms with Gasteiger partial charge in [0.2, 0.25) is 5.79 Å². The molecule has 364 valence electrons. The molecule has 0 bridgehead atoms. The number of unbranched alkanes of at least 4 members (excludes halogenated alkanes) is 24. The number of carbonyl (C=O) groups excluding carboxylic acids is 3. The number of hydrogen-bond acceptors (Lipinski definition) is 14. The van der Waals surface area contributed by atoms with Crippen molar-refractivity contribution in [3.8, 4) is 0 Å². The number of aliphatic hydroxyl groups is 5. The summed E-state index contributed by atoms with van der Waals surface area (Å²) in [6.45, 7) is 4.86. The van der Waals surface area contributed by atoms with Gasteiger partial charge in [0, 0.05) is 19.3 Å². The zero-order valence-corrected chi connectivity index (χ0v) is 38.9. The lowest BCUT2D eigenvalue weighted by molar-refractivity contribution is -0.383. The molecule has 2 rings (SSSR count). The van der Waals surface area contributed by atoms with Gasteiger partial charge in [0.05, 0.1) is 0 Å².